The summed E-state index contributed by atoms with van der Waals surface area (Å²) in [5.41, 5.74) is 0. The van der Waals surface area contributed by atoms with Crippen LogP contribution in [0.25, 0.3) is 0 Å². The van der Waals surface area contributed by atoms with Crippen molar-refractivity contribution in [1.29, 1.82) is 0 Å². The van der Waals surface area contributed by atoms with Crippen LogP contribution in [0.4, 0.5) is 4.79 Å². The van der Waals surface area contributed by atoms with Gasteiger partial charge in [0.15, 0.2) is 0 Å². The first-order valence-corrected chi connectivity index (χ1v) is 4.65. The number of amides is 1. The highest BCUT2D eigenvalue weighted by atomic mass is 16.6. The molecule has 86 valence electrons. The van der Waals surface area contributed by atoms with Gasteiger partial charge in [0.05, 0.1) is 7.11 Å². The van der Waals surface area contributed by atoms with Crippen molar-refractivity contribution in [3.05, 3.63) is 12.7 Å². The molecule has 0 saturated heterocycles. The molecule has 1 N–H and O–H groups in total. The van der Waals surface area contributed by atoms with Crippen molar-refractivity contribution in [1.82, 2.24) is 5.32 Å². The summed E-state index contributed by atoms with van der Waals surface area (Å²) in [5, 5.41) is 2.42. The smallest absolute Gasteiger partial charge is 0.408 e. The van der Waals surface area contributed by atoms with Crippen molar-refractivity contribution in [3.8, 4) is 0 Å². The van der Waals surface area contributed by atoms with Gasteiger partial charge in [-0.05, 0) is 5.92 Å². The van der Waals surface area contributed by atoms with E-state index in [2.05, 4.69) is 16.6 Å². The summed E-state index contributed by atoms with van der Waals surface area (Å²) in [4.78, 5) is 22.4. The standard InChI is InChI=1S/C10H17NO4/c1-5-6-15-10(13)11-8(7(2)3)9(12)14-4/h5,7-8H,1,6H2,2-4H3,(H,11,13)/t8-/m0/s1. The SMILES string of the molecule is C=CCOC(=O)N[C@H](C(=O)OC)C(C)C. The van der Waals surface area contributed by atoms with Crippen LogP contribution in [0.5, 0.6) is 0 Å². The number of nitrogens with one attached hydrogen (secondary N) is 1. The van der Waals surface area contributed by atoms with Crippen LogP contribution in [0.2, 0.25) is 0 Å². The molecule has 0 rings (SSSR count). The third-order valence-electron chi connectivity index (χ3n) is 1.73. The quantitative estimate of drug-likeness (QED) is 0.551. The molecule has 5 heteroatoms. The molecule has 0 aromatic heterocycles. The zero-order valence-electron chi connectivity index (χ0n) is 9.28. The maximum atomic E-state index is 11.3. The van der Waals surface area contributed by atoms with Gasteiger partial charge in [0, 0.05) is 0 Å². The number of carbonyl (C=O) groups excluding carboxylic acids is 2. The van der Waals surface area contributed by atoms with Crippen LogP contribution in [0, 0.1) is 5.92 Å². The third-order valence-corrected chi connectivity index (χ3v) is 1.73. The molecule has 0 saturated carbocycles. The van der Waals surface area contributed by atoms with Crippen LogP contribution in [-0.4, -0.2) is 31.8 Å². The van der Waals surface area contributed by atoms with Gasteiger partial charge < -0.3 is 14.8 Å². The Morgan fingerprint density at radius 2 is 2.07 bits per heavy atom. The molecule has 0 spiro atoms. The average Bonchev–Trinajstić information content (AvgIpc) is 2.21. The number of ether oxygens (including phenoxy) is 2. The van der Waals surface area contributed by atoms with Gasteiger partial charge in [0.1, 0.15) is 12.6 Å². The van der Waals surface area contributed by atoms with Crippen molar-refractivity contribution in [2.24, 2.45) is 5.92 Å². The highest BCUT2D eigenvalue weighted by Gasteiger charge is 2.25. The van der Waals surface area contributed by atoms with Crippen LogP contribution < -0.4 is 5.32 Å². The summed E-state index contributed by atoms with van der Waals surface area (Å²) in [6.07, 6.45) is 0.793. The topological polar surface area (TPSA) is 64.6 Å². The van der Waals surface area contributed by atoms with Gasteiger partial charge in [-0.3, -0.25) is 0 Å². The number of alkyl carbamates (subject to hydrolysis) is 1. The predicted molar refractivity (Wildman–Crippen MR) is 55.3 cm³/mol. The Kier molecular flexibility index (Phi) is 6.17. The van der Waals surface area contributed by atoms with Crippen LogP contribution in [0.15, 0.2) is 12.7 Å². The van der Waals surface area contributed by atoms with Gasteiger partial charge in [0.2, 0.25) is 0 Å². The van der Waals surface area contributed by atoms with E-state index in [0.29, 0.717) is 0 Å². The maximum Gasteiger partial charge on any atom is 0.408 e. The summed E-state index contributed by atoms with van der Waals surface area (Å²) < 4.78 is 9.24. The van der Waals surface area contributed by atoms with E-state index < -0.39 is 18.1 Å². The lowest BCUT2D eigenvalue weighted by Crippen LogP contribution is -2.45. The van der Waals surface area contributed by atoms with E-state index in [9.17, 15) is 9.59 Å². The zero-order valence-corrected chi connectivity index (χ0v) is 9.28. The fourth-order valence-corrected chi connectivity index (χ4v) is 0.928. The van der Waals surface area contributed by atoms with Crippen molar-refractivity contribution in [3.63, 3.8) is 0 Å². The Morgan fingerprint density at radius 3 is 2.47 bits per heavy atom. The molecule has 5 nitrogen and oxygen atoms in total. The van der Waals surface area contributed by atoms with Crippen LogP contribution in [0.3, 0.4) is 0 Å². The van der Waals surface area contributed by atoms with Crippen molar-refractivity contribution in [2.45, 2.75) is 19.9 Å². The fourth-order valence-electron chi connectivity index (χ4n) is 0.928. The summed E-state index contributed by atoms with van der Waals surface area (Å²) in [7, 11) is 1.27. The Balaban J connectivity index is 4.22. The maximum absolute atomic E-state index is 11.3. The molecule has 0 aromatic carbocycles. The second kappa shape index (κ2) is 6.86. The molecule has 0 heterocycles. The van der Waals surface area contributed by atoms with Crippen LogP contribution >= 0.6 is 0 Å². The van der Waals surface area contributed by atoms with Crippen LogP contribution in [0.1, 0.15) is 13.8 Å². The Labute approximate surface area is 89.4 Å². The molecule has 0 aliphatic carbocycles. The molecule has 0 unspecified atom stereocenters. The normalized spacial score (nSPS) is 11.7. The molecule has 1 atom stereocenters. The van der Waals surface area contributed by atoms with E-state index in [0.717, 1.165) is 0 Å². The zero-order chi connectivity index (χ0) is 11.8. The molecule has 0 bridgehead atoms. The first-order chi connectivity index (χ1) is 7.02. The van der Waals surface area contributed by atoms with Gasteiger partial charge in [-0.15, -0.1) is 0 Å². The minimum absolute atomic E-state index is 0.0614. The van der Waals surface area contributed by atoms with E-state index in [4.69, 9.17) is 4.74 Å². The van der Waals surface area contributed by atoms with Gasteiger partial charge in [-0.2, -0.15) is 0 Å². The first kappa shape index (κ1) is 13.5. The largest absolute Gasteiger partial charge is 0.467 e. The van der Waals surface area contributed by atoms with Crippen LogP contribution in [-0.2, 0) is 14.3 Å². The lowest BCUT2D eigenvalue weighted by atomic mass is 10.1. The Hall–Kier alpha value is -1.52. The second-order valence-corrected chi connectivity index (χ2v) is 3.28. The fraction of sp³-hybridized carbons (Fsp3) is 0.600. The molecule has 15 heavy (non-hydrogen) atoms. The highest BCUT2D eigenvalue weighted by molar-refractivity contribution is 5.81. The minimum Gasteiger partial charge on any atom is -0.467 e. The number of hydrogen-bond donors (Lipinski definition) is 1. The lowest BCUT2D eigenvalue weighted by Gasteiger charge is -2.19. The Morgan fingerprint density at radius 1 is 1.47 bits per heavy atom. The first-order valence-electron chi connectivity index (χ1n) is 4.65. The average molecular weight is 215 g/mol. The molecule has 0 aliphatic rings. The number of rotatable bonds is 5. The second-order valence-electron chi connectivity index (χ2n) is 3.28. The van der Waals surface area contributed by atoms with E-state index in [-0.39, 0.29) is 12.5 Å². The molecule has 0 aliphatic heterocycles. The molecular weight excluding hydrogens is 198 g/mol. The third kappa shape index (κ3) is 5.05. The van der Waals surface area contributed by atoms with Crippen molar-refractivity contribution in [2.75, 3.05) is 13.7 Å². The summed E-state index contributed by atoms with van der Waals surface area (Å²) in [6.45, 7) is 7.11. The monoisotopic (exact) mass is 215 g/mol. The molecule has 0 aromatic rings. The molecule has 1 amide bonds. The molecular formula is C10H17NO4. The summed E-state index contributed by atoms with van der Waals surface area (Å²) in [5.74, 6) is -0.547. The minimum atomic E-state index is -0.688. The van der Waals surface area contributed by atoms with E-state index in [1.54, 1.807) is 13.8 Å². The van der Waals surface area contributed by atoms with Crippen molar-refractivity contribution >= 4 is 12.1 Å². The number of esters is 1. The molecule has 0 fully saturated rings. The number of methoxy groups -OCH3 is 1. The number of carbonyl (C=O) groups is 2. The summed E-state index contributed by atoms with van der Waals surface area (Å²) in [6, 6.07) is -0.688. The van der Waals surface area contributed by atoms with Crippen molar-refractivity contribution < 1.29 is 19.1 Å². The highest BCUT2D eigenvalue weighted by Crippen LogP contribution is 2.03. The van der Waals surface area contributed by atoms with E-state index >= 15 is 0 Å². The van der Waals surface area contributed by atoms with Gasteiger partial charge >= 0.3 is 12.1 Å². The summed E-state index contributed by atoms with van der Waals surface area (Å²) >= 11 is 0. The van der Waals surface area contributed by atoms with Gasteiger partial charge in [0.25, 0.3) is 0 Å². The van der Waals surface area contributed by atoms with E-state index in [1.165, 1.54) is 13.2 Å². The lowest BCUT2D eigenvalue weighted by molar-refractivity contribution is -0.144. The van der Waals surface area contributed by atoms with Gasteiger partial charge in [-0.25, -0.2) is 9.59 Å². The number of hydrogen-bond acceptors (Lipinski definition) is 4. The van der Waals surface area contributed by atoms with Gasteiger partial charge in [-0.1, -0.05) is 26.5 Å². The predicted octanol–water partition coefficient (Wildman–Crippen LogP) is 1.10. The Bertz CT molecular complexity index is 238. The molecule has 0 radical (unpaired) electrons. The van der Waals surface area contributed by atoms with E-state index in [1.807, 2.05) is 0 Å².